The fraction of sp³-hybridized carbons (Fsp3) is 0.261. The fourth-order valence-electron chi connectivity index (χ4n) is 2.70. The van der Waals surface area contributed by atoms with Crippen LogP contribution >= 0.6 is 0 Å². The second-order valence-electron chi connectivity index (χ2n) is 6.97. The van der Waals surface area contributed by atoms with Gasteiger partial charge in [0.25, 0.3) is 11.8 Å². The summed E-state index contributed by atoms with van der Waals surface area (Å²) in [5.74, 6) is -3.43. The number of aryl methyl sites for hydroxylation is 2. The lowest BCUT2D eigenvalue weighted by molar-refractivity contribution is -0.146. The van der Waals surface area contributed by atoms with Crippen LogP contribution in [0.3, 0.4) is 0 Å². The summed E-state index contributed by atoms with van der Waals surface area (Å²) in [4.78, 5) is 59.8. The van der Waals surface area contributed by atoms with E-state index in [2.05, 4.69) is 20.1 Å². The number of benzene rings is 2. The zero-order valence-corrected chi connectivity index (χ0v) is 18.6. The van der Waals surface area contributed by atoms with Crippen LogP contribution in [-0.2, 0) is 23.8 Å². The smallest absolute Gasteiger partial charge is 0.337 e. The molecule has 0 fully saturated rings. The zero-order valence-electron chi connectivity index (χ0n) is 18.6. The van der Waals surface area contributed by atoms with E-state index in [-0.39, 0.29) is 16.8 Å². The first kappa shape index (κ1) is 25.1. The molecule has 0 aliphatic carbocycles. The second-order valence-corrected chi connectivity index (χ2v) is 6.97. The molecule has 2 N–H and O–H groups in total. The minimum absolute atomic E-state index is 0.0155. The highest BCUT2D eigenvalue weighted by molar-refractivity contribution is 6.00. The summed E-state index contributed by atoms with van der Waals surface area (Å²) in [5, 5.41) is 4.84. The number of carbonyl (C=O) groups is 5. The second kappa shape index (κ2) is 11.4. The van der Waals surface area contributed by atoms with E-state index in [1.54, 1.807) is 18.2 Å². The lowest BCUT2D eigenvalue weighted by atomic mass is 10.1. The molecular formula is C23H24N2O8. The maximum Gasteiger partial charge on any atom is 0.337 e. The molecule has 0 aromatic heterocycles. The standard InChI is InChI=1S/C23H24N2O8/c1-13-5-6-15(7-14(13)2)21(28)24-11-20(27)33-12-19(26)25-18-9-16(22(29)31-3)8-17(10-18)23(30)32-4/h5-10H,11-12H2,1-4H3,(H,24,28)(H,25,26). The molecule has 2 rings (SSSR count). The van der Waals surface area contributed by atoms with E-state index < -0.39 is 42.9 Å². The molecule has 2 aromatic rings. The molecule has 0 aliphatic rings. The number of hydrogen-bond acceptors (Lipinski definition) is 8. The van der Waals surface area contributed by atoms with E-state index >= 15 is 0 Å². The van der Waals surface area contributed by atoms with Gasteiger partial charge in [-0.05, 0) is 55.3 Å². The van der Waals surface area contributed by atoms with Crippen LogP contribution in [0.1, 0.15) is 42.2 Å². The average molecular weight is 456 g/mol. The van der Waals surface area contributed by atoms with Gasteiger partial charge in [0, 0.05) is 11.3 Å². The lowest BCUT2D eigenvalue weighted by Gasteiger charge is -2.10. The molecule has 0 aliphatic heterocycles. The number of hydrogen-bond donors (Lipinski definition) is 2. The predicted molar refractivity (Wildman–Crippen MR) is 117 cm³/mol. The first-order valence-corrected chi connectivity index (χ1v) is 9.77. The summed E-state index contributed by atoms with van der Waals surface area (Å²) in [6, 6.07) is 8.98. The van der Waals surface area contributed by atoms with Gasteiger partial charge in [-0.25, -0.2) is 9.59 Å². The van der Waals surface area contributed by atoms with Crippen molar-refractivity contribution in [1.29, 1.82) is 0 Å². The van der Waals surface area contributed by atoms with Gasteiger partial charge in [-0.15, -0.1) is 0 Å². The van der Waals surface area contributed by atoms with Gasteiger partial charge in [0.2, 0.25) is 0 Å². The Morgan fingerprint density at radius 2 is 1.39 bits per heavy atom. The lowest BCUT2D eigenvalue weighted by Crippen LogP contribution is -2.32. The van der Waals surface area contributed by atoms with Crippen molar-refractivity contribution in [3.63, 3.8) is 0 Å². The van der Waals surface area contributed by atoms with Crippen molar-refractivity contribution in [2.45, 2.75) is 13.8 Å². The quantitative estimate of drug-likeness (QED) is 0.453. The van der Waals surface area contributed by atoms with Crippen LogP contribution in [0.15, 0.2) is 36.4 Å². The molecule has 0 radical (unpaired) electrons. The van der Waals surface area contributed by atoms with Crippen LogP contribution in [0.25, 0.3) is 0 Å². The highest BCUT2D eigenvalue weighted by Gasteiger charge is 2.16. The minimum Gasteiger partial charge on any atom is -0.465 e. The van der Waals surface area contributed by atoms with Gasteiger partial charge in [-0.2, -0.15) is 0 Å². The van der Waals surface area contributed by atoms with Crippen LogP contribution in [-0.4, -0.2) is 57.1 Å². The molecule has 2 aromatic carbocycles. The van der Waals surface area contributed by atoms with Gasteiger partial charge in [-0.3, -0.25) is 14.4 Å². The molecule has 10 nitrogen and oxygen atoms in total. The number of rotatable bonds is 8. The fourth-order valence-corrected chi connectivity index (χ4v) is 2.70. The zero-order chi connectivity index (χ0) is 24.5. The molecule has 2 amide bonds. The largest absolute Gasteiger partial charge is 0.465 e. The highest BCUT2D eigenvalue weighted by Crippen LogP contribution is 2.17. The summed E-state index contributed by atoms with van der Waals surface area (Å²) in [6.07, 6.45) is 0. The van der Waals surface area contributed by atoms with Crippen molar-refractivity contribution in [2.75, 3.05) is 32.7 Å². The monoisotopic (exact) mass is 456 g/mol. The maximum absolute atomic E-state index is 12.1. The molecule has 33 heavy (non-hydrogen) atoms. The van der Waals surface area contributed by atoms with Crippen LogP contribution in [0.4, 0.5) is 5.69 Å². The van der Waals surface area contributed by atoms with Gasteiger partial charge in [0.15, 0.2) is 6.61 Å². The van der Waals surface area contributed by atoms with E-state index in [1.165, 1.54) is 32.4 Å². The molecular weight excluding hydrogens is 432 g/mol. The molecule has 0 saturated heterocycles. The van der Waals surface area contributed by atoms with Crippen molar-refractivity contribution in [3.8, 4) is 0 Å². The Labute approximate surface area is 190 Å². The third kappa shape index (κ3) is 7.17. The SMILES string of the molecule is COC(=O)c1cc(NC(=O)COC(=O)CNC(=O)c2ccc(C)c(C)c2)cc(C(=O)OC)c1. The Morgan fingerprint density at radius 1 is 0.788 bits per heavy atom. The van der Waals surface area contributed by atoms with Crippen molar-refractivity contribution in [1.82, 2.24) is 5.32 Å². The number of ether oxygens (including phenoxy) is 3. The van der Waals surface area contributed by atoms with Gasteiger partial charge in [0.05, 0.1) is 25.3 Å². The maximum atomic E-state index is 12.1. The highest BCUT2D eigenvalue weighted by atomic mass is 16.5. The van der Waals surface area contributed by atoms with Crippen molar-refractivity contribution in [3.05, 3.63) is 64.2 Å². The number of methoxy groups -OCH3 is 2. The average Bonchev–Trinajstić information content (AvgIpc) is 2.81. The normalized spacial score (nSPS) is 10.1. The molecule has 0 bridgehead atoms. The molecule has 174 valence electrons. The van der Waals surface area contributed by atoms with E-state index in [0.29, 0.717) is 5.56 Å². The van der Waals surface area contributed by atoms with Crippen LogP contribution in [0.2, 0.25) is 0 Å². The van der Waals surface area contributed by atoms with Crippen LogP contribution in [0, 0.1) is 13.8 Å². The Balaban J connectivity index is 1.91. The van der Waals surface area contributed by atoms with Crippen LogP contribution < -0.4 is 10.6 Å². The summed E-state index contributed by atoms with van der Waals surface area (Å²) in [7, 11) is 2.34. The summed E-state index contributed by atoms with van der Waals surface area (Å²) >= 11 is 0. The number of nitrogens with one attached hydrogen (secondary N) is 2. The van der Waals surface area contributed by atoms with Gasteiger partial charge in [-0.1, -0.05) is 6.07 Å². The summed E-state index contributed by atoms with van der Waals surface area (Å²) in [5.41, 5.74) is 2.50. The summed E-state index contributed by atoms with van der Waals surface area (Å²) < 4.78 is 14.1. The summed E-state index contributed by atoms with van der Waals surface area (Å²) in [6.45, 7) is 2.72. The molecule has 0 atom stereocenters. The third-order valence-electron chi connectivity index (χ3n) is 4.59. The van der Waals surface area contributed by atoms with Crippen LogP contribution in [0.5, 0.6) is 0 Å². The Hall–Kier alpha value is -4.21. The molecule has 0 spiro atoms. The van der Waals surface area contributed by atoms with Gasteiger partial charge >= 0.3 is 17.9 Å². The Morgan fingerprint density at radius 3 is 1.94 bits per heavy atom. The number of anilines is 1. The van der Waals surface area contributed by atoms with E-state index in [0.717, 1.165) is 11.1 Å². The number of carbonyl (C=O) groups excluding carboxylic acids is 5. The first-order valence-electron chi connectivity index (χ1n) is 9.77. The van der Waals surface area contributed by atoms with E-state index in [9.17, 15) is 24.0 Å². The first-order chi connectivity index (χ1) is 15.6. The van der Waals surface area contributed by atoms with Gasteiger partial charge in [0.1, 0.15) is 6.54 Å². The molecule has 0 unspecified atom stereocenters. The van der Waals surface area contributed by atoms with Crippen molar-refractivity contribution < 1.29 is 38.2 Å². The van der Waals surface area contributed by atoms with E-state index in [1.807, 2.05) is 13.8 Å². The Kier molecular flexibility index (Phi) is 8.67. The predicted octanol–water partition coefficient (Wildman–Crippen LogP) is 1.79. The Bertz CT molecular complexity index is 1060. The van der Waals surface area contributed by atoms with E-state index in [4.69, 9.17) is 4.74 Å². The molecule has 0 saturated carbocycles. The third-order valence-corrected chi connectivity index (χ3v) is 4.59. The molecule has 0 heterocycles. The van der Waals surface area contributed by atoms with Crippen molar-refractivity contribution >= 4 is 35.4 Å². The molecule has 10 heteroatoms. The minimum atomic E-state index is -0.819. The van der Waals surface area contributed by atoms with Crippen molar-refractivity contribution in [2.24, 2.45) is 0 Å². The number of esters is 3. The topological polar surface area (TPSA) is 137 Å². The van der Waals surface area contributed by atoms with Gasteiger partial charge < -0.3 is 24.8 Å². The number of amides is 2.